The van der Waals surface area contributed by atoms with E-state index in [0.29, 0.717) is 5.56 Å². The van der Waals surface area contributed by atoms with Gasteiger partial charge in [-0.1, -0.05) is 27.6 Å². The highest BCUT2D eigenvalue weighted by Gasteiger charge is 1.97. The molecule has 0 aromatic heterocycles. The van der Waals surface area contributed by atoms with Crippen molar-refractivity contribution in [3.05, 3.63) is 39.9 Å². The zero-order valence-electron chi connectivity index (χ0n) is 8.84. The van der Waals surface area contributed by atoms with Gasteiger partial charge in [-0.15, -0.1) is 0 Å². The van der Waals surface area contributed by atoms with Crippen LogP contribution in [-0.4, -0.2) is 6.54 Å². The largest absolute Gasteiger partial charge is 0.381 e. The molecule has 0 unspecified atom stereocenters. The lowest BCUT2D eigenvalue weighted by molar-refractivity contribution is 1.26. The smallest absolute Gasteiger partial charge is 0.0992 e. The van der Waals surface area contributed by atoms with E-state index < -0.39 is 0 Å². The first-order chi connectivity index (χ1) is 7.11. The molecule has 0 aliphatic heterocycles. The molecule has 0 radical (unpaired) electrons. The molecule has 0 atom stereocenters. The average Bonchev–Trinajstić information content (AvgIpc) is 2.16. The first-order valence-corrected chi connectivity index (χ1v) is 5.49. The fourth-order valence-electron chi connectivity index (χ4n) is 1.13. The fraction of sp³-hybridized carbons (Fsp3) is 0.250. The Morgan fingerprint density at radius 2 is 2.20 bits per heavy atom. The maximum absolute atomic E-state index is 8.79. The molecule has 0 bridgehead atoms. The van der Waals surface area contributed by atoms with E-state index in [1.54, 1.807) is 6.07 Å². The second-order valence-corrected chi connectivity index (χ2v) is 4.42. The van der Waals surface area contributed by atoms with Crippen LogP contribution in [0.3, 0.4) is 0 Å². The van der Waals surface area contributed by atoms with Crippen LogP contribution in [0.1, 0.15) is 19.4 Å². The number of rotatable bonds is 3. The van der Waals surface area contributed by atoms with E-state index in [9.17, 15) is 0 Å². The lowest BCUT2D eigenvalue weighted by Crippen LogP contribution is -1.99. The molecule has 2 nitrogen and oxygen atoms in total. The van der Waals surface area contributed by atoms with Gasteiger partial charge >= 0.3 is 0 Å². The summed E-state index contributed by atoms with van der Waals surface area (Å²) in [6, 6.07) is 7.71. The second kappa shape index (κ2) is 5.57. The Morgan fingerprint density at radius 3 is 2.80 bits per heavy atom. The van der Waals surface area contributed by atoms with Gasteiger partial charge in [0, 0.05) is 16.7 Å². The van der Waals surface area contributed by atoms with Crippen molar-refractivity contribution < 1.29 is 0 Å². The molecule has 0 aliphatic carbocycles. The summed E-state index contributed by atoms with van der Waals surface area (Å²) in [5.41, 5.74) is 2.89. The summed E-state index contributed by atoms with van der Waals surface area (Å²) in [4.78, 5) is 0. The number of hydrogen-bond donors (Lipinski definition) is 1. The van der Waals surface area contributed by atoms with Gasteiger partial charge in [0.15, 0.2) is 0 Å². The molecule has 0 spiro atoms. The number of nitrogens with one attached hydrogen (secondary N) is 1. The summed E-state index contributed by atoms with van der Waals surface area (Å²) < 4.78 is 0.918. The molecule has 0 amide bonds. The van der Waals surface area contributed by atoms with Crippen LogP contribution in [0.15, 0.2) is 34.3 Å². The summed E-state index contributed by atoms with van der Waals surface area (Å²) in [6.07, 6.45) is 2.10. The molecular weight excluding hydrogens is 252 g/mol. The maximum Gasteiger partial charge on any atom is 0.0992 e. The number of hydrogen-bond acceptors (Lipinski definition) is 2. The standard InChI is InChI=1S/C12H13BrN2/c1-9(2)3-4-15-12-6-10(8-14)5-11(13)7-12/h3,5-7,15H,4H2,1-2H3. The zero-order valence-corrected chi connectivity index (χ0v) is 10.4. The first kappa shape index (κ1) is 11.8. The highest BCUT2D eigenvalue weighted by atomic mass is 79.9. The Morgan fingerprint density at radius 1 is 1.47 bits per heavy atom. The first-order valence-electron chi connectivity index (χ1n) is 4.70. The summed E-state index contributed by atoms with van der Waals surface area (Å²) in [5.74, 6) is 0. The summed E-state index contributed by atoms with van der Waals surface area (Å²) in [7, 11) is 0. The predicted octanol–water partition coefficient (Wildman–Crippen LogP) is 3.70. The minimum absolute atomic E-state index is 0.657. The van der Waals surface area contributed by atoms with Crippen LogP contribution >= 0.6 is 15.9 Å². The number of anilines is 1. The molecule has 15 heavy (non-hydrogen) atoms. The number of halogens is 1. The van der Waals surface area contributed by atoms with Gasteiger partial charge in [0.25, 0.3) is 0 Å². The lowest BCUT2D eigenvalue weighted by atomic mass is 10.2. The molecule has 1 aromatic carbocycles. The van der Waals surface area contributed by atoms with Gasteiger partial charge in [-0.25, -0.2) is 0 Å². The van der Waals surface area contributed by atoms with Gasteiger partial charge in [-0.05, 0) is 32.0 Å². The third kappa shape index (κ3) is 4.18. The summed E-state index contributed by atoms with van der Waals surface area (Å²) in [6.45, 7) is 4.90. The third-order valence-electron chi connectivity index (χ3n) is 1.84. The van der Waals surface area contributed by atoms with Crippen molar-refractivity contribution in [1.82, 2.24) is 0 Å². The Balaban J connectivity index is 2.74. The molecule has 1 aromatic rings. The summed E-state index contributed by atoms with van der Waals surface area (Å²) in [5, 5.41) is 12.0. The van der Waals surface area contributed by atoms with E-state index in [4.69, 9.17) is 5.26 Å². The minimum Gasteiger partial charge on any atom is -0.381 e. The molecule has 0 saturated carbocycles. The van der Waals surface area contributed by atoms with Gasteiger partial charge < -0.3 is 5.32 Å². The van der Waals surface area contributed by atoms with Crippen molar-refractivity contribution in [3.8, 4) is 6.07 Å². The van der Waals surface area contributed by atoms with Crippen molar-refractivity contribution in [2.45, 2.75) is 13.8 Å². The Bertz CT molecular complexity index is 412. The van der Waals surface area contributed by atoms with Gasteiger partial charge in [0.1, 0.15) is 0 Å². The van der Waals surface area contributed by atoms with E-state index in [1.165, 1.54) is 5.57 Å². The van der Waals surface area contributed by atoms with Crippen molar-refractivity contribution in [3.63, 3.8) is 0 Å². The van der Waals surface area contributed by atoms with Crippen LogP contribution in [0, 0.1) is 11.3 Å². The molecule has 0 aliphatic rings. The Kier molecular flexibility index (Phi) is 4.38. The molecule has 1 rings (SSSR count). The van der Waals surface area contributed by atoms with E-state index in [0.717, 1.165) is 16.7 Å². The molecule has 0 heterocycles. The van der Waals surface area contributed by atoms with Crippen LogP contribution in [0.25, 0.3) is 0 Å². The zero-order chi connectivity index (χ0) is 11.3. The van der Waals surface area contributed by atoms with Crippen LogP contribution < -0.4 is 5.32 Å². The van der Waals surface area contributed by atoms with Gasteiger partial charge in [-0.2, -0.15) is 5.26 Å². The topological polar surface area (TPSA) is 35.8 Å². The van der Waals surface area contributed by atoms with E-state index >= 15 is 0 Å². The molecule has 0 fully saturated rings. The quantitative estimate of drug-likeness (QED) is 0.846. The molecule has 1 N–H and O–H groups in total. The SMILES string of the molecule is CC(C)=CCNc1cc(Br)cc(C#N)c1. The van der Waals surface area contributed by atoms with Crippen molar-refractivity contribution in [1.29, 1.82) is 5.26 Å². The van der Waals surface area contributed by atoms with Crippen LogP contribution in [0.2, 0.25) is 0 Å². The highest BCUT2D eigenvalue weighted by molar-refractivity contribution is 9.10. The van der Waals surface area contributed by atoms with Crippen LogP contribution in [0.4, 0.5) is 5.69 Å². The number of allylic oxidation sites excluding steroid dienone is 1. The molecule has 0 saturated heterocycles. The third-order valence-corrected chi connectivity index (χ3v) is 2.30. The maximum atomic E-state index is 8.79. The second-order valence-electron chi connectivity index (χ2n) is 3.50. The van der Waals surface area contributed by atoms with Gasteiger partial charge in [0.2, 0.25) is 0 Å². The number of nitrogens with zero attached hydrogens (tertiary/aromatic N) is 1. The Hall–Kier alpha value is -1.27. The average molecular weight is 265 g/mol. The molecule has 78 valence electrons. The van der Waals surface area contributed by atoms with E-state index in [-0.39, 0.29) is 0 Å². The molecular formula is C12H13BrN2. The summed E-state index contributed by atoms with van der Waals surface area (Å²) >= 11 is 3.37. The van der Waals surface area contributed by atoms with Crippen molar-refractivity contribution >= 4 is 21.6 Å². The lowest BCUT2D eigenvalue weighted by Gasteiger charge is -2.04. The van der Waals surface area contributed by atoms with E-state index in [2.05, 4.69) is 47.2 Å². The highest BCUT2D eigenvalue weighted by Crippen LogP contribution is 2.18. The molecule has 3 heteroatoms. The van der Waals surface area contributed by atoms with Crippen molar-refractivity contribution in [2.24, 2.45) is 0 Å². The number of benzene rings is 1. The van der Waals surface area contributed by atoms with Crippen molar-refractivity contribution in [2.75, 3.05) is 11.9 Å². The van der Waals surface area contributed by atoms with E-state index in [1.807, 2.05) is 12.1 Å². The Labute approximate surface area is 98.7 Å². The van der Waals surface area contributed by atoms with Gasteiger partial charge in [-0.3, -0.25) is 0 Å². The minimum atomic E-state index is 0.657. The van der Waals surface area contributed by atoms with Gasteiger partial charge in [0.05, 0.1) is 11.6 Å². The normalized spacial score (nSPS) is 9.20. The van der Waals surface area contributed by atoms with Crippen LogP contribution in [0.5, 0.6) is 0 Å². The van der Waals surface area contributed by atoms with Crippen LogP contribution in [-0.2, 0) is 0 Å². The number of nitriles is 1. The monoisotopic (exact) mass is 264 g/mol. The fourth-order valence-corrected chi connectivity index (χ4v) is 1.62. The predicted molar refractivity (Wildman–Crippen MR) is 66.8 cm³/mol.